The maximum atomic E-state index is 12.3. The molecule has 48 heavy (non-hydrogen) atoms. The van der Waals surface area contributed by atoms with Crippen LogP contribution in [0.1, 0.15) is 142 Å². The molecule has 8 nitrogen and oxygen atoms in total. The Bertz CT molecular complexity index is 1010. The summed E-state index contributed by atoms with van der Waals surface area (Å²) in [5, 5.41) is 0. The third-order valence-corrected chi connectivity index (χ3v) is 7.82. The molecule has 0 amide bonds. The Morgan fingerprint density at radius 2 is 1.00 bits per heavy atom. The van der Waals surface area contributed by atoms with E-state index in [1.165, 1.54) is 25.7 Å². The summed E-state index contributed by atoms with van der Waals surface area (Å²) in [5.41, 5.74) is 0. The summed E-state index contributed by atoms with van der Waals surface area (Å²) in [4.78, 5) is 42.7. The van der Waals surface area contributed by atoms with E-state index >= 15 is 0 Å². The van der Waals surface area contributed by atoms with Gasteiger partial charge in [-0.1, -0.05) is 145 Å². The zero-order valence-electron chi connectivity index (χ0n) is 29.9. The van der Waals surface area contributed by atoms with Crippen LogP contribution in [-0.4, -0.2) is 41.0 Å². The molecule has 0 radical (unpaired) electrons. The molecule has 0 bridgehead atoms. The molecule has 9 heteroatoms. The number of hydrogen-bond donors (Lipinski definition) is 2. The number of esters is 2. The highest BCUT2D eigenvalue weighted by atomic mass is 31.2. The molecule has 0 fully saturated rings. The van der Waals surface area contributed by atoms with E-state index in [0.29, 0.717) is 12.8 Å². The van der Waals surface area contributed by atoms with Crippen molar-refractivity contribution in [3.8, 4) is 0 Å². The average Bonchev–Trinajstić information content (AvgIpc) is 3.05. The number of phosphoric ester groups is 1. The second-order valence-electron chi connectivity index (χ2n) is 11.9. The van der Waals surface area contributed by atoms with Gasteiger partial charge in [0.25, 0.3) is 0 Å². The van der Waals surface area contributed by atoms with Crippen LogP contribution >= 0.6 is 7.82 Å². The number of phosphoric acid groups is 1. The number of carbonyl (C=O) groups is 2. The lowest BCUT2D eigenvalue weighted by Gasteiger charge is -2.18. The Kier molecular flexibility index (Phi) is 32.6. The van der Waals surface area contributed by atoms with E-state index in [-0.39, 0.29) is 19.4 Å². The van der Waals surface area contributed by atoms with Crippen molar-refractivity contribution in [1.82, 2.24) is 0 Å². The Labute approximate surface area is 291 Å². The molecular formula is C39H65O8P. The lowest BCUT2D eigenvalue weighted by molar-refractivity contribution is -0.161. The van der Waals surface area contributed by atoms with Gasteiger partial charge in [-0.05, 0) is 57.8 Å². The van der Waals surface area contributed by atoms with Crippen molar-refractivity contribution in [3.63, 3.8) is 0 Å². The maximum absolute atomic E-state index is 12.3. The van der Waals surface area contributed by atoms with Gasteiger partial charge in [0.1, 0.15) is 6.61 Å². The topological polar surface area (TPSA) is 119 Å². The van der Waals surface area contributed by atoms with Crippen LogP contribution in [0.4, 0.5) is 0 Å². The van der Waals surface area contributed by atoms with Gasteiger partial charge in [-0.15, -0.1) is 0 Å². The molecule has 0 aliphatic carbocycles. The summed E-state index contributed by atoms with van der Waals surface area (Å²) in [7, 11) is -4.76. The van der Waals surface area contributed by atoms with Gasteiger partial charge < -0.3 is 19.3 Å². The largest absolute Gasteiger partial charge is 0.469 e. The van der Waals surface area contributed by atoms with Crippen LogP contribution in [-0.2, 0) is 28.2 Å². The third kappa shape index (κ3) is 36.3. The van der Waals surface area contributed by atoms with Crippen molar-refractivity contribution in [2.75, 3.05) is 13.2 Å². The van der Waals surface area contributed by atoms with E-state index in [1.54, 1.807) is 0 Å². The van der Waals surface area contributed by atoms with Crippen molar-refractivity contribution in [3.05, 3.63) is 72.9 Å². The van der Waals surface area contributed by atoms with Crippen molar-refractivity contribution < 1.29 is 37.9 Å². The monoisotopic (exact) mass is 692 g/mol. The van der Waals surface area contributed by atoms with Crippen molar-refractivity contribution in [2.45, 2.75) is 148 Å². The van der Waals surface area contributed by atoms with E-state index in [9.17, 15) is 14.2 Å². The van der Waals surface area contributed by atoms with Crippen LogP contribution in [0.5, 0.6) is 0 Å². The lowest BCUT2D eigenvalue weighted by atomic mass is 10.1. The molecule has 0 aliphatic rings. The zero-order valence-corrected chi connectivity index (χ0v) is 30.7. The van der Waals surface area contributed by atoms with Gasteiger partial charge in [-0.2, -0.15) is 0 Å². The van der Waals surface area contributed by atoms with E-state index in [0.717, 1.165) is 77.0 Å². The van der Waals surface area contributed by atoms with Gasteiger partial charge >= 0.3 is 19.8 Å². The molecule has 2 N–H and O–H groups in total. The fourth-order valence-corrected chi connectivity index (χ4v) is 4.97. The molecule has 0 heterocycles. The summed E-state index contributed by atoms with van der Waals surface area (Å²) in [6, 6.07) is 0. The predicted molar refractivity (Wildman–Crippen MR) is 197 cm³/mol. The number of unbranched alkanes of at least 4 members (excludes halogenated alkanes) is 14. The van der Waals surface area contributed by atoms with Gasteiger partial charge in [0.15, 0.2) is 6.10 Å². The van der Waals surface area contributed by atoms with Crippen LogP contribution < -0.4 is 0 Å². The number of hydrogen-bond acceptors (Lipinski definition) is 6. The van der Waals surface area contributed by atoms with Gasteiger partial charge in [-0.25, -0.2) is 4.57 Å². The van der Waals surface area contributed by atoms with Crippen LogP contribution in [0.2, 0.25) is 0 Å². The van der Waals surface area contributed by atoms with Crippen molar-refractivity contribution >= 4 is 19.8 Å². The second kappa shape index (κ2) is 34.4. The molecule has 0 aromatic rings. The minimum atomic E-state index is -4.76. The number of allylic oxidation sites excluding steroid dienone is 12. The summed E-state index contributed by atoms with van der Waals surface area (Å²) in [6.07, 6.45) is 43.3. The van der Waals surface area contributed by atoms with E-state index in [2.05, 4.69) is 54.8 Å². The molecule has 0 aliphatic heterocycles. The van der Waals surface area contributed by atoms with E-state index in [1.807, 2.05) is 36.5 Å². The summed E-state index contributed by atoms with van der Waals surface area (Å²) >= 11 is 0. The molecular weight excluding hydrogens is 627 g/mol. The number of carbonyl (C=O) groups excluding carboxylic acids is 2. The highest BCUT2D eigenvalue weighted by Gasteiger charge is 2.22. The molecule has 0 spiro atoms. The van der Waals surface area contributed by atoms with Crippen LogP contribution in [0.25, 0.3) is 0 Å². The molecule has 0 aromatic heterocycles. The quantitative estimate of drug-likeness (QED) is 0.0309. The Hall–Kier alpha value is -2.51. The zero-order chi connectivity index (χ0) is 35.4. The predicted octanol–water partition coefficient (Wildman–Crippen LogP) is 10.7. The first kappa shape index (κ1) is 45.5. The highest BCUT2D eigenvalue weighted by molar-refractivity contribution is 7.46. The minimum absolute atomic E-state index is 0.178. The van der Waals surface area contributed by atoms with E-state index < -0.39 is 32.5 Å². The molecule has 0 aromatic carbocycles. The highest BCUT2D eigenvalue weighted by Crippen LogP contribution is 2.35. The van der Waals surface area contributed by atoms with Gasteiger partial charge in [-0.3, -0.25) is 14.1 Å². The second-order valence-corrected chi connectivity index (χ2v) is 13.2. The van der Waals surface area contributed by atoms with Crippen LogP contribution in [0, 0.1) is 0 Å². The summed E-state index contributed by atoms with van der Waals surface area (Å²) < 4.78 is 26.3. The van der Waals surface area contributed by atoms with Crippen LogP contribution in [0.15, 0.2) is 72.9 Å². The molecule has 0 saturated heterocycles. The Morgan fingerprint density at radius 1 is 0.562 bits per heavy atom. The smallest absolute Gasteiger partial charge is 0.462 e. The van der Waals surface area contributed by atoms with Gasteiger partial charge in [0, 0.05) is 12.8 Å². The molecule has 0 saturated carbocycles. The number of rotatable bonds is 32. The van der Waals surface area contributed by atoms with Crippen LogP contribution in [0.3, 0.4) is 0 Å². The summed E-state index contributed by atoms with van der Waals surface area (Å²) in [5.74, 6) is -0.938. The van der Waals surface area contributed by atoms with Crippen molar-refractivity contribution in [1.29, 1.82) is 0 Å². The Morgan fingerprint density at radius 3 is 1.52 bits per heavy atom. The molecule has 0 unspecified atom stereocenters. The van der Waals surface area contributed by atoms with Gasteiger partial charge in [0.2, 0.25) is 0 Å². The lowest BCUT2D eigenvalue weighted by Crippen LogP contribution is -2.29. The fraction of sp³-hybridized carbons (Fsp3) is 0.641. The standard InChI is InChI=1S/C39H65O8P/c1-3-5-7-9-11-13-15-17-19-21-23-25-27-29-31-33-38(40)45-35-37(36-46-48(42,43)44)47-39(41)34-32-30-28-26-24-22-20-18-16-14-12-10-8-6-4-2/h6,8,10,12-20,37H,3-5,7,9,11,21-36H2,1-2H3,(H2,42,43,44)/b8-6+,12-10+,15-13+,16-14+,19-17+,20-18+/t37-/m1/s1. The fourth-order valence-electron chi connectivity index (χ4n) is 4.61. The normalized spacial score (nSPS) is 13.3. The molecule has 274 valence electrons. The first-order valence-electron chi connectivity index (χ1n) is 18.3. The maximum Gasteiger partial charge on any atom is 0.469 e. The SMILES string of the molecule is CC/C=C/C=C/C=C/C=C/CCCCCCCC(=O)O[C@H](COC(=O)CCCCCCC/C=C/C=C/CCCCCC)COP(=O)(O)O. The minimum Gasteiger partial charge on any atom is -0.462 e. The third-order valence-electron chi connectivity index (χ3n) is 7.33. The van der Waals surface area contributed by atoms with Gasteiger partial charge in [0.05, 0.1) is 6.61 Å². The summed E-state index contributed by atoms with van der Waals surface area (Å²) in [6.45, 7) is 3.47. The van der Waals surface area contributed by atoms with E-state index in [4.69, 9.17) is 19.3 Å². The molecule has 0 rings (SSSR count). The Balaban J connectivity index is 4.08. The number of ether oxygens (including phenoxy) is 2. The average molecular weight is 693 g/mol. The molecule has 1 atom stereocenters. The van der Waals surface area contributed by atoms with Crippen molar-refractivity contribution in [2.24, 2.45) is 0 Å². The first-order chi connectivity index (χ1) is 23.3. The first-order valence-corrected chi connectivity index (χ1v) is 19.8.